The average Bonchev–Trinajstić information content (AvgIpc) is 3.45. The van der Waals surface area contributed by atoms with E-state index in [1.807, 2.05) is 60.7 Å². The normalized spacial score (nSPS) is 14.3. The van der Waals surface area contributed by atoms with Crippen LogP contribution >= 0.6 is 0 Å². The number of benzene rings is 3. The van der Waals surface area contributed by atoms with Crippen molar-refractivity contribution in [1.29, 1.82) is 0 Å². The van der Waals surface area contributed by atoms with Crippen LogP contribution in [0, 0.1) is 0 Å². The zero-order valence-corrected chi connectivity index (χ0v) is 16.5. The number of carbonyl (C=O) groups is 1. The minimum atomic E-state index is -0.104. The van der Waals surface area contributed by atoms with Crippen LogP contribution in [0.3, 0.4) is 0 Å². The third-order valence-electron chi connectivity index (χ3n) is 5.79. The van der Waals surface area contributed by atoms with Gasteiger partial charge in [-0.3, -0.25) is 4.79 Å². The number of oxazole rings is 1. The smallest absolute Gasteiger partial charge is 0.252 e. The maximum Gasteiger partial charge on any atom is 0.252 e. The molecule has 5 rings (SSSR count). The van der Waals surface area contributed by atoms with Crippen LogP contribution in [-0.2, 0) is 5.41 Å². The summed E-state index contributed by atoms with van der Waals surface area (Å²) >= 11 is 0. The largest absolute Gasteiger partial charge is 0.436 e. The summed E-state index contributed by atoms with van der Waals surface area (Å²) in [5.74, 6) is 1.03. The molecule has 1 aliphatic carbocycles. The maximum absolute atomic E-state index is 13.0. The highest BCUT2D eigenvalue weighted by Crippen LogP contribution is 2.47. The minimum absolute atomic E-state index is 0.0648. The van der Waals surface area contributed by atoms with Gasteiger partial charge in [-0.1, -0.05) is 72.8 Å². The average molecular weight is 394 g/mol. The summed E-state index contributed by atoms with van der Waals surface area (Å²) in [4.78, 5) is 17.5. The molecule has 148 valence electrons. The number of aromatic nitrogens is 1. The summed E-state index contributed by atoms with van der Waals surface area (Å²) in [6, 6.07) is 27.7. The molecule has 0 spiro atoms. The first kappa shape index (κ1) is 18.4. The highest BCUT2D eigenvalue weighted by atomic mass is 16.4. The molecule has 1 aliphatic rings. The van der Waals surface area contributed by atoms with Gasteiger partial charge in [0.25, 0.3) is 5.91 Å². The lowest BCUT2D eigenvalue weighted by Gasteiger charge is -2.17. The van der Waals surface area contributed by atoms with Gasteiger partial charge in [0, 0.05) is 23.1 Å². The standard InChI is InChI=1S/C26H22N2O2/c29-24(28-18-26(15-16-26)20-11-5-2-6-12-20)21-13-7-8-14-22(21)25-27-17-23(30-25)19-9-3-1-4-10-19/h1-14,17H,15-16,18H2,(H,28,29). The zero-order valence-electron chi connectivity index (χ0n) is 16.5. The van der Waals surface area contributed by atoms with Crippen molar-refractivity contribution in [2.24, 2.45) is 0 Å². The van der Waals surface area contributed by atoms with E-state index in [1.54, 1.807) is 6.20 Å². The molecule has 1 N–H and O–H groups in total. The Labute approximate surface area is 175 Å². The Bertz CT molecular complexity index is 1160. The minimum Gasteiger partial charge on any atom is -0.436 e. The SMILES string of the molecule is O=C(NCC1(c2ccccc2)CC1)c1ccccc1-c1ncc(-c2ccccc2)o1. The van der Waals surface area contributed by atoms with E-state index in [0.29, 0.717) is 29.3 Å². The van der Waals surface area contributed by atoms with Crippen molar-refractivity contribution < 1.29 is 9.21 Å². The van der Waals surface area contributed by atoms with Gasteiger partial charge in [-0.05, 0) is 30.5 Å². The first-order chi connectivity index (χ1) is 14.8. The van der Waals surface area contributed by atoms with Crippen LogP contribution in [0.25, 0.3) is 22.8 Å². The number of amides is 1. The molecule has 3 aromatic carbocycles. The summed E-state index contributed by atoms with van der Waals surface area (Å²) in [6.07, 6.45) is 3.90. The third-order valence-corrected chi connectivity index (χ3v) is 5.79. The topological polar surface area (TPSA) is 55.1 Å². The predicted molar refractivity (Wildman–Crippen MR) is 117 cm³/mol. The molecule has 4 nitrogen and oxygen atoms in total. The summed E-state index contributed by atoms with van der Waals surface area (Å²) in [6.45, 7) is 0.630. The molecular weight excluding hydrogens is 372 g/mol. The second kappa shape index (κ2) is 7.64. The molecule has 30 heavy (non-hydrogen) atoms. The van der Waals surface area contributed by atoms with Crippen LogP contribution in [-0.4, -0.2) is 17.4 Å². The maximum atomic E-state index is 13.0. The van der Waals surface area contributed by atoms with E-state index in [0.717, 1.165) is 18.4 Å². The van der Waals surface area contributed by atoms with E-state index in [1.165, 1.54) is 5.56 Å². The molecule has 0 saturated heterocycles. The fraction of sp³-hybridized carbons (Fsp3) is 0.154. The molecule has 4 heteroatoms. The van der Waals surface area contributed by atoms with E-state index in [4.69, 9.17) is 4.42 Å². The molecule has 1 heterocycles. The molecule has 1 fully saturated rings. The van der Waals surface area contributed by atoms with Gasteiger partial charge in [0.05, 0.1) is 11.8 Å². The fourth-order valence-corrected chi connectivity index (χ4v) is 3.86. The third kappa shape index (κ3) is 3.52. The summed E-state index contributed by atoms with van der Waals surface area (Å²) in [5, 5.41) is 3.14. The number of hydrogen-bond acceptors (Lipinski definition) is 3. The van der Waals surface area contributed by atoms with E-state index in [-0.39, 0.29) is 11.3 Å². The highest BCUT2D eigenvalue weighted by Gasteiger charge is 2.44. The zero-order chi connectivity index (χ0) is 20.4. The number of nitrogens with zero attached hydrogens (tertiary/aromatic N) is 1. The molecule has 0 unspecified atom stereocenters. The molecule has 4 aromatic rings. The van der Waals surface area contributed by atoms with E-state index < -0.39 is 0 Å². The summed E-state index contributed by atoms with van der Waals surface area (Å²) in [5.41, 5.74) is 3.58. The van der Waals surface area contributed by atoms with Crippen molar-refractivity contribution in [3.63, 3.8) is 0 Å². The second-order valence-corrected chi connectivity index (χ2v) is 7.77. The quantitative estimate of drug-likeness (QED) is 0.472. The monoisotopic (exact) mass is 394 g/mol. The first-order valence-electron chi connectivity index (χ1n) is 10.2. The van der Waals surface area contributed by atoms with Gasteiger partial charge in [-0.15, -0.1) is 0 Å². The van der Waals surface area contributed by atoms with E-state index in [2.05, 4.69) is 34.6 Å². The van der Waals surface area contributed by atoms with Crippen molar-refractivity contribution in [2.75, 3.05) is 6.54 Å². The van der Waals surface area contributed by atoms with Crippen molar-refractivity contribution in [3.8, 4) is 22.8 Å². The Morgan fingerprint density at radius 1 is 0.900 bits per heavy atom. The molecule has 1 aromatic heterocycles. The Morgan fingerprint density at radius 3 is 2.30 bits per heavy atom. The highest BCUT2D eigenvalue weighted by molar-refractivity contribution is 6.00. The van der Waals surface area contributed by atoms with Gasteiger partial charge < -0.3 is 9.73 Å². The van der Waals surface area contributed by atoms with Crippen LogP contribution in [0.2, 0.25) is 0 Å². The van der Waals surface area contributed by atoms with Crippen LogP contribution < -0.4 is 5.32 Å². The Morgan fingerprint density at radius 2 is 1.57 bits per heavy atom. The predicted octanol–water partition coefficient (Wildman–Crippen LogP) is 5.47. The van der Waals surface area contributed by atoms with Gasteiger partial charge in [-0.2, -0.15) is 0 Å². The molecule has 0 atom stereocenters. The van der Waals surface area contributed by atoms with Gasteiger partial charge in [0.1, 0.15) is 0 Å². The van der Waals surface area contributed by atoms with Crippen LogP contribution in [0.5, 0.6) is 0 Å². The number of nitrogens with one attached hydrogen (secondary N) is 1. The molecule has 0 radical (unpaired) electrons. The molecule has 0 aliphatic heterocycles. The van der Waals surface area contributed by atoms with E-state index >= 15 is 0 Å². The van der Waals surface area contributed by atoms with Crippen LogP contribution in [0.15, 0.2) is 95.5 Å². The lowest BCUT2D eigenvalue weighted by molar-refractivity contribution is 0.0950. The molecular formula is C26H22N2O2. The van der Waals surface area contributed by atoms with Gasteiger partial charge in [-0.25, -0.2) is 4.98 Å². The Kier molecular flexibility index (Phi) is 4.68. The lowest BCUT2D eigenvalue weighted by Crippen LogP contribution is -2.32. The number of hydrogen-bond donors (Lipinski definition) is 1. The Hall–Kier alpha value is -3.66. The number of rotatable bonds is 6. The Balaban J connectivity index is 1.37. The van der Waals surface area contributed by atoms with Crippen molar-refractivity contribution in [3.05, 3.63) is 102 Å². The lowest BCUT2D eigenvalue weighted by atomic mass is 9.96. The molecule has 1 amide bonds. The van der Waals surface area contributed by atoms with Gasteiger partial charge in [0.15, 0.2) is 5.76 Å². The summed E-state index contributed by atoms with van der Waals surface area (Å²) in [7, 11) is 0. The first-order valence-corrected chi connectivity index (χ1v) is 10.2. The van der Waals surface area contributed by atoms with Crippen LogP contribution in [0.1, 0.15) is 28.8 Å². The fourth-order valence-electron chi connectivity index (χ4n) is 3.86. The number of carbonyl (C=O) groups excluding carboxylic acids is 1. The van der Waals surface area contributed by atoms with Gasteiger partial charge in [0.2, 0.25) is 5.89 Å². The van der Waals surface area contributed by atoms with Crippen LogP contribution in [0.4, 0.5) is 0 Å². The van der Waals surface area contributed by atoms with Crippen molar-refractivity contribution >= 4 is 5.91 Å². The summed E-state index contributed by atoms with van der Waals surface area (Å²) < 4.78 is 5.98. The van der Waals surface area contributed by atoms with Crippen molar-refractivity contribution in [2.45, 2.75) is 18.3 Å². The van der Waals surface area contributed by atoms with Gasteiger partial charge >= 0.3 is 0 Å². The molecule has 0 bridgehead atoms. The second-order valence-electron chi connectivity index (χ2n) is 7.77. The molecule has 1 saturated carbocycles. The van der Waals surface area contributed by atoms with Crippen molar-refractivity contribution in [1.82, 2.24) is 10.3 Å². The van der Waals surface area contributed by atoms with E-state index in [9.17, 15) is 4.79 Å².